The molecule has 0 radical (unpaired) electrons. The third kappa shape index (κ3) is 3.32. The number of halogens is 1. The largest absolute Gasteiger partial charge is 0.396 e. The molecule has 2 heteroatoms. The quantitative estimate of drug-likeness (QED) is 0.606. The predicted molar refractivity (Wildman–Crippen MR) is 72.3 cm³/mol. The van der Waals surface area contributed by atoms with E-state index in [0.717, 1.165) is 15.8 Å². The van der Waals surface area contributed by atoms with Crippen molar-refractivity contribution < 1.29 is 5.11 Å². The predicted octanol–water partition coefficient (Wildman–Crippen LogP) is 3.78. The van der Waals surface area contributed by atoms with Crippen LogP contribution in [0.4, 0.5) is 0 Å². The first-order chi connectivity index (χ1) is 7.29. The van der Waals surface area contributed by atoms with Crippen molar-refractivity contribution in [3.63, 3.8) is 0 Å². The van der Waals surface area contributed by atoms with Crippen LogP contribution in [0.5, 0.6) is 0 Å². The smallest absolute Gasteiger partial charge is 0.0459 e. The van der Waals surface area contributed by atoms with Gasteiger partial charge in [-0.2, -0.15) is 0 Å². The van der Waals surface area contributed by atoms with Crippen LogP contribution < -0.4 is 0 Å². The number of rotatable bonds is 2. The molecule has 0 aromatic carbocycles. The molecule has 1 nitrogen and oxygen atoms in total. The van der Waals surface area contributed by atoms with Gasteiger partial charge in [-0.25, -0.2) is 0 Å². The molecular formula is C13H23IO. The highest BCUT2D eigenvalue weighted by molar-refractivity contribution is 14.1. The molecule has 2 saturated carbocycles. The van der Waals surface area contributed by atoms with Gasteiger partial charge in [0.1, 0.15) is 0 Å². The molecule has 2 rings (SSSR count). The molecule has 1 N–H and O–H groups in total. The van der Waals surface area contributed by atoms with Crippen LogP contribution in [0, 0.1) is 17.8 Å². The lowest BCUT2D eigenvalue weighted by Crippen LogP contribution is -2.26. The summed E-state index contributed by atoms with van der Waals surface area (Å²) >= 11 is 2.61. The Morgan fingerprint density at radius 1 is 0.800 bits per heavy atom. The molecule has 0 aromatic heterocycles. The van der Waals surface area contributed by atoms with Gasteiger partial charge in [0.2, 0.25) is 0 Å². The second-order valence-electron chi connectivity index (χ2n) is 5.48. The minimum atomic E-state index is 0.424. The van der Waals surface area contributed by atoms with E-state index in [9.17, 15) is 0 Å². The summed E-state index contributed by atoms with van der Waals surface area (Å²) in [7, 11) is 0. The fraction of sp³-hybridized carbons (Fsp3) is 1.00. The molecule has 2 fully saturated rings. The van der Waals surface area contributed by atoms with Crippen molar-refractivity contribution in [1.82, 2.24) is 0 Å². The Kier molecular flexibility index (Phi) is 4.74. The van der Waals surface area contributed by atoms with E-state index >= 15 is 0 Å². The summed E-state index contributed by atoms with van der Waals surface area (Å²) in [6.07, 6.45) is 11.2. The van der Waals surface area contributed by atoms with E-state index in [1.165, 1.54) is 51.4 Å². The van der Waals surface area contributed by atoms with Crippen LogP contribution in [0.15, 0.2) is 0 Å². The minimum absolute atomic E-state index is 0.424. The number of hydrogen-bond donors (Lipinski definition) is 1. The van der Waals surface area contributed by atoms with Gasteiger partial charge in [0.15, 0.2) is 0 Å². The molecule has 0 atom stereocenters. The first-order valence-electron chi connectivity index (χ1n) is 6.54. The maximum Gasteiger partial charge on any atom is 0.0459 e. The lowest BCUT2D eigenvalue weighted by atomic mass is 9.71. The van der Waals surface area contributed by atoms with Gasteiger partial charge in [0.05, 0.1) is 0 Å². The second-order valence-corrected chi connectivity index (χ2v) is 7.24. The molecule has 88 valence electrons. The Bertz CT molecular complexity index is 179. The molecule has 0 spiro atoms. The molecule has 15 heavy (non-hydrogen) atoms. The van der Waals surface area contributed by atoms with Crippen molar-refractivity contribution in [3.05, 3.63) is 0 Å². The SMILES string of the molecule is OCC1CCC(C2CCC(I)CC2)CC1. The van der Waals surface area contributed by atoms with Crippen LogP contribution in [0.2, 0.25) is 0 Å². The standard InChI is InChI=1S/C13H23IO/c14-13-7-5-12(6-8-13)11-3-1-10(9-15)2-4-11/h10-13,15H,1-9H2. The first kappa shape index (κ1) is 12.2. The van der Waals surface area contributed by atoms with E-state index in [1.807, 2.05) is 0 Å². The maximum atomic E-state index is 9.12. The molecule has 0 aliphatic heterocycles. The number of hydrogen-bond acceptors (Lipinski definition) is 1. The minimum Gasteiger partial charge on any atom is -0.396 e. The molecule has 0 amide bonds. The summed E-state index contributed by atoms with van der Waals surface area (Å²) in [4.78, 5) is 0. The normalized spacial score (nSPS) is 42.8. The highest BCUT2D eigenvalue weighted by atomic mass is 127. The zero-order valence-electron chi connectivity index (χ0n) is 9.50. The Balaban J connectivity index is 1.75. The Morgan fingerprint density at radius 3 is 1.73 bits per heavy atom. The molecule has 2 aliphatic carbocycles. The average Bonchev–Trinajstić information content (AvgIpc) is 2.30. The third-order valence-electron chi connectivity index (χ3n) is 4.52. The van der Waals surface area contributed by atoms with E-state index < -0.39 is 0 Å². The van der Waals surface area contributed by atoms with Crippen LogP contribution in [-0.4, -0.2) is 15.6 Å². The van der Waals surface area contributed by atoms with E-state index in [-0.39, 0.29) is 0 Å². The van der Waals surface area contributed by atoms with Gasteiger partial charge in [0, 0.05) is 10.5 Å². The van der Waals surface area contributed by atoms with Crippen LogP contribution in [0.1, 0.15) is 51.4 Å². The second kappa shape index (κ2) is 5.85. The third-order valence-corrected chi connectivity index (χ3v) is 5.76. The van der Waals surface area contributed by atoms with Crippen molar-refractivity contribution >= 4 is 22.6 Å². The first-order valence-corrected chi connectivity index (χ1v) is 7.79. The van der Waals surface area contributed by atoms with Gasteiger partial charge >= 0.3 is 0 Å². The van der Waals surface area contributed by atoms with Crippen molar-refractivity contribution in [2.75, 3.05) is 6.61 Å². The van der Waals surface area contributed by atoms with Crippen LogP contribution >= 0.6 is 22.6 Å². The van der Waals surface area contributed by atoms with Crippen LogP contribution in [-0.2, 0) is 0 Å². The lowest BCUT2D eigenvalue weighted by Gasteiger charge is -2.36. The van der Waals surface area contributed by atoms with Gasteiger partial charge in [-0.05, 0) is 69.1 Å². The zero-order chi connectivity index (χ0) is 10.7. The summed E-state index contributed by atoms with van der Waals surface area (Å²) in [5.74, 6) is 2.65. The number of aliphatic hydroxyl groups is 1. The molecule has 0 heterocycles. The molecule has 0 bridgehead atoms. The summed E-state index contributed by atoms with van der Waals surface area (Å²) in [5.41, 5.74) is 0. The average molecular weight is 322 g/mol. The van der Waals surface area contributed by atoms with Crippen molar-refractivity contribution in [2.24, 2.45) is 17.8 Å². The Labute approximate surface area is 107 Å². The van der Waals surface area contributed by atoms with Gasteiger partial charge in [0.25, 0.3) is 0 Å². The van der Waals surface area contributed by atoms with Gasteiger partial charge in [-0.15, -0.1) is 0 Å². The highest BCUT2D eigenvalue weighted by Crippen LogP contribution is 2.41. The van der Waals surface area contributed by atoms with Crippen LogP contribution in [0.3, 0.4) is 0 Å². The monoisotopic (exact) mass is 322 g/mol. The zero-order valence-corrected chi connectivity index (χ0v) is 11.7. The summed E-state index contributed by atoms with van der Waals surface area (Å²) in [6.45, 7) is 0.424. The molecule has 0 saturated heterocycles. The van der Waals surface area contributed by atoms with Gasteiger partial charge in [-0.1, -0.05) is 22.6 Å². The topological polar surface area (TPSA) is 20.2 Å². The van der Waals surface area contributed by atoms with Crippen molar-refractivity contribution in [1.29, 1.82) is 0 Å². The number of aliphatic hydroxyl groups excluding tert-OH is 1. The van der Waals surface area contributed by atoms with E-state index in [2.05, 4.69) is 22.6 Å². The molecule has 2 aliphatic rings. The van der Waals surface area contributed by atoms with E-state index in [1.54, 1.807) is 0 Å². The maximum absolute atomic E-state index is 9.12. The summed E-state index contributed by atoms with van der Waals surface area (Å²) in [6, 6.07) is 0. The fourth-order valence-corrected chi connectivity index (χ4v) is 4.11. The molecular weight excluding hydrogens is 299 g/mol. The summed E-state index contributed by atoms with van der Waals surface area (Å²) in [5, 5.41) is 9.12. The Hall–Kier alpha value is 0.690. The van der Waals surface area contributed by atoms with E-state index in [0.29, 0.717) is 12.5 Å². The Morgan fingerprint density at radius 2 is 1.27 bits per heavy atom. The van der Waals surface area contributed by atoms with Crippen LogP contribution in [0.25, 0.3) is 0 Å². The van der Waals surface area contributed by atoms with Crippen molar-refractivity contribution in [3.8, 4) is 0 Å². The number of alkyl halides is 1. The van der Waals surface area contributed by atoms with E-state index in [4.69, 9.17) is 5.11 Å². The summed E-state index contributed by atoms with van der Waals surface area (Å²) < 4.78 is 0.952. The fourth-order valence-electron chi connectivity index (χ4n) is 3.39. The van der Waals surface area contributed by atoms with Crippen molar-refractivity contribution in [2.45, 2.75) is 55.3 Å². The molecule has 0 aromatic rings. The van der Waals surface area contributed by atoms with Gasteiger partial charge < -0.3 is 5.11 Å². The highest BCUT2D eigenvalue weighted by Gasteiger charge is 2.29. The van der Waals surface area contributed by atoms with Gasteiger partial charge in [-0.3, -0.25) is 0 Å². The molecule has 0 unspecified atom stereocenters. The lowest BCUT2D eigenvalue weighted by molar-refractivity contribution is 0.129.